The highest BCUT2D eigenvalue weighted by Gasteiger charge is 2.21. The fraction of sp³-hybridized carbons (Fsp3) is 0.360. The predicted molar refractivity (Wildman–Crippen MR) is 130 cm³/mol. The molecular formula is C25H29ClN4O3. The Bertz CT molecular complexity index is 1090. The van der Waals surface area contributed by atoms with Gasteiger partial charge in [0.25, 0.3) is 5.91 Å². The Labute approximate surface area is 199 Å². The van der Waals surface area contributed by atoms with Crippen molar-refractivity contribution in [1.82, 2.24) is 15.4 Å². The number of methoxy groups -OCH3 is 1. The van der Waals surface area contributed by atoms with Crippen molar-refractivity contribution >= 4 is 23.2 Å². The van der Waals surface area contributed by atoms with Crippen molar-refractivity contribution in [3.05, 3.63) is 64.9 Å². The first kappa shape index (κ1) is 23.1. The average Bonchev–Trinajstić information content (AvgIpc) is 3.32. The maximum Gasteiger partial charge on any atom is 0.256 e. The molecule has 0 unspecified atom stereocenters. The van der Waals surface area contributed by atoms with E-state index in [-0.39, 0.29) is 5.91 Å². The lowest BCUT2D eigenvalue weighted by Gasteiger charge is -2.36. The number of benzene rings is 2. The van der Waals surface area contributed by atoms with Crippen molar-refractivity contribution in [2.24, 2.45) is 0 Å². The van der Waals surface area contributed by atoms with E-state index in [4.69, 9.17) is 20.9 Å². The van der Waals surface area contributed by atoms with Gasteiger partial charge in [0, 0.05) is 43.3 Å². The van der Waals surface area contributed by atoms with Crippen LogP contribution in [0.5, 0.6) is 5.75 Å². The van der Waals surface area contributed by atoms with Crippen molar-refractivity contribution in [3.8, 4) is 17.0 Å². The van der Waals surface area contributed by atoms with E-state index in [1.54, 1.807) is 7.11 Å². The Morgan fingerprint density at radius 2 is 1.97 bits per heavy atom. The van der Waals surface area contributed by atoms with E-state index in [0.717, 1.165) is 61.7 Å². The lowest BCUT2D eigenvalue weighted by molar-refractivity contribution is 0.0951. The van der Waals surface area contributed by atoms with Crippen molar-refractivity contribution < 1.29 is 14.1 Å². The smallest absolute Gasteiger partial charge is 0.256 e. The third kappa shape index (κ3) is 5.49. The number of amides is 1. The molecule has 0 radical (unpaired) electrons. The molecule has 174 valence electrons. The second-order valence-corrected chi connectivity index (χ2v) is 8.58. The van der Waals surface area contributed by atoms with E-state index in [1.807, 2.05) is 49.4 Å². The summed E-state index contributed by atoms with van der Waals surface area (Å²) in [7, 11) is 1.68. The highest BCUT2D eigenvalue weighted by Crippen LogP contribution is 2.32. The van der Waals surface area contributed by atoms with E-state index in [2.05, 4.69) is 20.3 Å². The zero-order valence-corrected chi connectivity index (χ0v) is 19.8. The summed E-state index contributed by atoms with van der Waals surface area (Å²) in [6, 6.07) is 13.5. The zero-order chi connectivity index (χ0) is 23.2. The summed E-state index contributed by atoms with van der Waals surface area (Å²) in [5.74, 6) is 0.682. The van der Waals surface area contributed by atoms with Gasteiger partial charge in [-0.3, -0.25) is 9.69 Å². The molecule has 1 saturated heterocycles. The van der Waals surface area contributed by atoms with E-state index in [0.29, 0.717) is 22.8 Å². The first-order chi connectivity index (χ1) is 16.1. The molecule has 0 atom stereocenters. The van der Waals surface area contributed by atoms with Gasteiger partial charge in [-0.05, 0) is 43.7 Å². The van der Waals surface area contributed by atoms with Crippen molar-refractivity contribution in [3.63, 3.8) is 0 Å². The predicted octanol–water partition coefficient (Wildman–Crippen LogP) is 4.25. The van der Waals surface area contributed by atoms with Crippen molar-refractivity contribution in [1.29, 1.82) is 0 Å². The number of aromatic nitrogens is 1. The molecule has 2 heterocycles. The number of rotatable bonds is 8. The fourth-order valence-electron chi connectivity index (χ4n) is 4.15. The molecule has 8 heteroatoms. The van der Waals surface area contributed by atoms with Gasteiger partial charge in [0.05, 0.1) is 12.8 Å². The molecule has 0 saturated carbocycles. The summed E-state index contributed by atoms with van der Waals surface area (Å²) >= 11 is 6.18. The minimum absolute atomic E-state index is 0.160. The van der Waals surface area contributed by atoms with Gasteiger partial charge in [-0.15, -0.1) is 0 Å². The molecule has 0 spiro atoms. The molecule has 1 aliphatic heterocycles. The summed E-state index contributed by atoms with van der Waals surface area (Å²) in [4.78, 5) is 17.4. The number of piperazine rings is 1. The number of carbonyl (C=O) groups is 1. The number of hydrogen-bond donors (Lipinski definition) is 1. The van der Waals surface area contributed by atoms with Gasteiger partial charge in [0.1, 0.15) is 23.3 Å². The lowest BCUT2D eigenvalue weighted by Crippen LogP contribution is -2.47. The van der Waals surface area contributed by atoms with Gasteiger partial charge in [-0.25, -0.2) is 0 Å². The largest absolute Gasteiger partial charge is 0.495 e. The summed E-state index contributed by atoms with van der Waals surface area (Å²) < 4.78 is 10.6. The third-order valence-corrected chi connectivity index (χ3v) is 6.24. The van der Waals surface area contributed by atoms with Crippen LogP contribution in [0, 0.1) is 6.92 Å². The number of anilines is 1. The van der Waals surface area contributed by atoms with Gasteiger partial charge in [0.2, 0.25) is 0 Å². The lowest BCUT2D eigenvalue weighted by atomic mass is 10.0. The normalized spacial score (nSPS) is 14.3. The monoisotopic (exact) mass is 468 g/mol. The molecular weight excluding hydrogens is 440 g/mol. The standard InChI is InChI=1S/C25H29ClN4O3/c1-18-6-3-4-7-20(18)24-21(17-33-28-24)25(31)27-10-5-11-29-12-14-30(15-13-29)22-16-19(26)8-9-23(22)32-2/h3-4,6-9,16-17H,5,10-15H2,1-2H3,(H,27,31). The second-order valence-electron chi connectivity index (χ2n) is 8.15. The molecule has 1 N–H and O–H groups in total. The topological polar surface area (TPSA) is 70.8 Å². The Morgan fingerprint density at radius 3 is 2.73 bits per heavy atom. The maximum atomic E-state index is 12.7. The van der Waals surface area contributed by atoms with E-state index >= 15 is 0 Å². The van der Waals surface area contributed by atoms with Crippen LogP contribution in [0.1, 0.15) is 22.3 Å². The van der Waals surface area contributed by atoms with E-state index in [1.165, 1.54) is 6.26 Å². The Morgan fingerprint density at radius 1 is 1.18 bits per heavy atom. The molecule has 4 rings (SSSR count). The Balaban J connectivity index is 1.24. The van der Waals surface area contributed by atoms with Gasteiger partial charge in [0.15, 0.2) is 0 Å². The molecule has 3 aromatic rings. The number of hydrogen-bond acceptors (Lipinski definition) is 6. The van der Waals surface area contributed by atoms with Crippen LogP contribution in [0.25, 0.3) is 11.3 Å². The number of nitrogens with one attached hydrogen (secondary N) is 1. The van der Waals surface area contributed by atoms with Crippen LogP contribution in [-0.4, -0.2) is 62.3 Å². The molecule has 1 aliphatic rings. The third-order valence-electron chi connectivity index (χ3n) is 6.01. The summed E-state index contributed by atoms with van der Waals surface area (Å²) in [5.41, 5.74) is 4.04. The maximum absolute atomic E-state index is 12.7. The molecule has 1 fully saturated rings. The van der Waals surface area contributed by atoms with Crippen LogP contribution in [0.4, 0.5) is 5.69 Å². The van der Waals surface area contributed by atoms with Crippen molar-refractivity contribution in [2.75, 3.05) is 51.3 Å². The average molecular weight is 469 g/mol. The number of halogens is 1. The summed E-state index contributed by atoms with van der Waals surface area (Å²) in [5, 5.41) is 7.77. The quantitative estimate of drug-likeness (QED) is 0.498. The highest BCUT2D eigenvalue weighted by atomic mass is 35.5. The number of carbonyl (C=O) groups excluding carboxylic acids is 1. The highest BCUT2D eigenvalue weighted by molar-refractivity contribution is 6.30. The van der Waals surface area contributed by atoms with Crippen LogP contribution in [0.3, 0.4) is 0 Å². The molecule has 33 heavy (non-hydrogen) atoms. The molecule has 1 aromatic heterocycles. The molecule has 2 aromatic carbocycles. The molecule has 7 nitrogen and oxygen atoms in total. The number of nitrogens with zero attached hydrogens (tertiary/aromatic N) is 3. The van der Waals surface area contributed by atoms with Crippen LogP contribution in [0.2, 0.25) is 5.02 Å². The number of ether oxygens (including phenoxy) is 1. The van der Waals surface area contributed by atoms with Gasteiger partial charge >= 0.3 is 0 Å². The minimum atomic E-state index is -0.160. The van der Waals surface area contributed by atoms with Crippen LogP contribution in [0.15, 0.2) is 53.3 Å². The van der Waals surface area contributed by atoms with Gasteiger partial charge in [-0.1, -0.05) is 41.0 Å². The van der Waals surface area contributed by atoms with E-state index < -0.39 is 0 Å². The Kier molecular flexibility index (Phi) is 7.52. The van der Waals surface area contributed by atoms with Gasteiger partial charge in [-0.2, -0.15) is 0 Å². The van der Waals surface area contributed by atoms with Crippen molar-refractivity contribution in [2.45, 2.75) is 13.3 Å². The minimum Gasteiger partial charge on any atom is -0.495 e. The van der Waals surface area contributed by atoms with Crippen LogP contribution < -0.4 is 15.0 Å². The number of aryl methyl sites for hydroxylation is 1. The fourth-order valence-corrected chi connectivity index (χ4v) is 4.32. The second kappa shape index (κ2) is 10.7. The molecule has 1 amide bonds. The van der Waals surface area contributed by atoms with Crippen LogP contribution in [-0.2, 0) is 0 Å². The Hall–Kier alpha value is -3.03. The summed E-state index contributed by atoms with van der Waals surface area (Å²) in [6.07, 6.45) is 2.29. The van der Waals surface area contributed by atoms with Crippen LogP contribution >= 0.6 is 11.6 Å². The first-order valence-electron chi connectivity index (χ1n) is 11.2. The molecule has 0 bridgehead atoms. The van der Waals surface area contributed by atoms with E-state index in [9.17, 15) is 4.79 Å². The van der Waals surface area contributed by atoms with Gasteiger partial charge < -0.3 is 19.5 Å². The summed E-state index contributed by atoms with van der Waals surface area (Å²) in [6.45, 7) is 7.23. The molecule has 0 aliphatic carbocycles. The SMILES string of the molecule is COc1ccc(Cl)cc1N1CCN(CCCNC(=O)c2conc2-c2ccccc2C)CC1. The zero-order valence-electron chi connectivity index (χ0n) is 19.0. The first-order valence-corrected chi connectivity index (χ1v) is 11.5.